The number of rotatable bonds is 7. The van der Waals surface area contributed by atoms with Crippen molar-refractivity contribution in [3.8, 4) is 0 Å². The second-order valence-electron chi connectivity index (χ2n) is 5.04. The summed E-state index contributed by atoms with van der Waals surface area (Å²) in [5.41, 5.74) is 0. The van der Waals surface area contributed by atoms with Gasteiger partial charge in [0.2, 0.25) is 5.91 Å². The van der Waals surface area contributed by atoms with E-state index in [0.29, 0.717) is 13.1 Å². The predicted molar refractivity (Wildman–Crippen MR) is 81.4 cm³/mol. The first-order chi connectivity index (χ1) is 9.70. The normalized spacial score (nSPS) is 12.3. The van der Waals surface area contributed by atoms with E-state index in [1.165, 1.54) is 4.88 Å². The molecule has 0 bridgehead atoms. The van der Waals surface area contributed by atoms with E-state index >= 15 is 0 Å². The second kappa shape index (κ2) is 7.29. The van der Waals surface area contributed by atoms with Gasteiger partial charge in [0, 0.05) is 10.8 Å². The lowest BCUT2D eigenvalue weighted by molar-refractivity contribution is -0.136. The quantitative estimate of drug-likeness (QED) is 0.761. The van der Waals surface area contributed by atoms with Gasteiger partial charge < -0.3 is 9.32 Å². The van der Waals surface area contributed by atoms with Crippen molar-refractivity contribution in [2.45, 2.75) is 39.8 Å². The van der Waals surface area contributed by atoms with Crippen LogP contribution in [0, 0.1) is 5.92 Å². The van der Waals surface area contributed by atoms with Gasteiger partial charge in [-0.15, -0.1) is 11.3 Å². The van der Waals surface area contributed by atoms with Crippen LogP contribution in [-0.2, 0) is 17.9 Å². The molecule has 0 saturated heterocycles. The summed E-state index contributed by atoms with van der Waals surface area (Å²) in [6.07, 6.45) is 3.61. The number of nitrogens with zero attached hydrogens (tertiary/aromatic N) is 1. The predicted octanol–water partition coefficient (Wildman–Crippen LogP) is 4.31. The maximum absolute atomic E-state index is 12.6. The van der Waals surface area contributed by atoms with Crippen molar-refractivity contribution in [1.82, 2.24) is 4.90 Å². The van der Waals surface area contributed by atoms with Gasteiger partial charge in [-0.25, -0.2) is 0 Å². The third kappa shape index (κ3) is 3.97. The number of thiophene rings is 1. The fourth-order valence-corrected chi connectivity index (χ4v) is 2.98. The molecule has 2 aromatic rings. The van der Waals surface area contributed by atoms with Crippen LogP contribution in [0.4, 0.5) is 0 Å². The summed E-state index contributed by atoms with van der Waals surface area (Å²) in [7, 11) is 0. The Kier molecular flexibility index (Phi) is 5.41. The average molecular weight is 291 g/mol. The van der Waals surface area contributed by atoms with E-state index in [9.17, 15) is 4.79 Å². The molecule has 3 nitrogen and oxygen atoms in total. The maximum Gasteiger partial charge on any atom is 0.226 e. The molecule has 20 heavy (non-hydrogen) atoms. The van der Waals surface area contributed by atoms with Crippen molar-refractivity contribution in [3.05, 3.63) is 46.5 Å². The molecular formula is C16H21NO2S. The molecule has 0 saturated carbocycles. The molecule has 4 heteroatoms. The van der Waals surface area contributed by atoms with Crippen LogP contribution in [0.5, 0.6) is 0 Å². The minimum atomic E-state index is 0.0647. The van der Waals surface area contributed by atoms with E-state index in [-0.39, 0.29) is 11.8 Å². The summed E-state index contributed by atoms with van der Waals surface area (Å²) in [5, 5.41) is 2.04. The maximum atomic E-state index is 12.6. The topological polar surface area (TPSA) is 33.5 Å². The van der Waals surface area contributed by atoms with Crippen molar-refractivity contribution in [2.24, 2.45) is 5.92 Å². The van der Waals surface area contributed by atoms with Gasteiger partial charge in [-0.2, -0.15) is 0 Å². The average Bonchev–Trinajstić information content (AvgIpc) is 3.10. The van der Waals surface area contributed by atoms with E-state index in [1.54, 1.807) is 17.6 Å². The molecule has 0 fully saturated rings. The Bertz CT molecular complexity index is 468. The van der Waals surface area contributed by atoms with Crippen LogP contribution in [-0.4, -0.2) is 10.8 Å². The highest BCUT2D eigenvalue weighted by atomic mass is 32.1. The third-order valence-corrected chi connectivity index (χ3v) is 4.17. The lowest BCUT2D eigenvalue weighted by Gasteiger charge is -2.24. The minimum Gasteiger partial charge on any atom is -0.467 e. The molecule has 0 aliphatic heterocycles. The molecule has 0 spiro atoms. The zero-order chi connectivity index (χ0) is 14.4. The van der Waals surface area contributed by atoms with Crippen molar-refractivity contribution < 1.29 is 9.21 Å². The lowest BCUT2D eigenvalue weighted by atomic mass is 10.0. The first kappa shape index (κ1) is 14.9. The Morgan fingerprint density at radius 3 is 2.80 bits per heavy atom. The van der Waals surface area contributed by atoms with Crippen LogP contribution in [0.1, 0.15) is 37.3 Å². The van der Waals surface area contributed by atoms with Crippen molar-refractivity contribution in [2.75, 3.05) is 0 Å². The van der Waals surface area contributed by atoms with Crippen molar-refractivity contribution >= 4 is 17.2 Å². The van der Waals surface area contributed by atoms with E-state index in [1.807, 2.05) is 35.4 Å². The number of carbonyl (C=O) groups is 1. The molecule has 0 N–H and O–H groups in total. The molecule has 2 rings (SSSR count). The first-order valence-corrected chi connectivity index (χ1v) is 7.92. The molecule has 1 unspecified atom stereocenters. The molecule has 0 aliphatic carbocycles. The van der Waals surface area contributed by atoms with Gasteiger partial charge in [0.25, 0.3) is 0 Å². The Labute approximate surface area is 124 Å². The summed E-state index contributed by atoms with van der Waals surface area (Å²) in [6, 6.07) is 7.86. The zero-order valence-corrected chi connectivity index (χ0v) is 12.9. The zero-order valence-electron chi connectivity index (χ0n) is 12.0. The molecule has 2 aromatic heterocycles. The minimum absolute atomic E-state index is 0.0647. The van der Waals surface area contributed by atoms with E-state index in [0.717, 1.165) is 18.6 Å². The molecule has 108 valence electrons. The van der Waals surface area contributed by atoms with E-state index in [4.69, 9.17) is 4.42 Å². The Morgan fingerprint density at radius 2 is 2.20 bits per heavy atom. The Balaban J connectivity index is 2.08. The summed E-state index contributed by atoms with van der Waals surface area (Å²) in [4.78, 5) is 15.7. The smallest absolute Gasteiger partial charge is 0.226 e. The fourth-order valence-electron chi connectivity index (χ4n) is 2.26. The Hall–Kier alpha value is -1.55. The van der Waals surface area contributed by atoms with Crippen molar-refractivity contribution in [3.63, 3.8) is 0 Å². The third-order valence-electron chi connectivity index (χ3n) is 3.31. The number of carbonyl (C=O) groups excluding carboxylic acids is 1. The Morgan fingerprint density at radius 1 is 1.35 bits per heavy atom. The molecule has 0 aromatic carbocycles. The van der Waals surface area contributed by atoms with Gasteiger partial charge >= 0.3 is 0 Å². The van der Waals surface area contributed by atoms with Crippen LogP contribution in [0.2, 0.25) is 0 Å². The summed E-state index contributed by atoms with van der Waals surface area (Å²) < 4.78 is 5.38. The molecule has 0 aliphatic rings. The highest BCUT2D eigenvalue weighted by Crippen LogP contribution is 2.18. The molecule has 0 radical (unpaired) electrons. The molecule has 1 atom stereocenters. The number of furan rings is 1. The van der Waals surface area contributed by atoms with Gasteiger partial charge in [-0.3, -0.25) is 4.79 Å². The fraction of sp³-hybridized carbons (Fsp3) is 0.438. The van der Waals surface area contributed by atoms with Gasteiger partial charge in [-0.05, 0) is 30.0 Å². The largest absolute Gasteiger partial charge is 0.467 e. The number of hydrogen-bond acceptors (Lipinski definition) is 3. The monoisotopic (exact) mass is 291 g/mol. The number of amides is 1. The van der Waals surface area contributed by atoms with Gasteiger partial charge in [0.05, 0.1) is 19.4 Å². The summed E-state index contributed by atoms with van der Waals surface area (Å²) in [6.45, 7) is 5.32. The second-order valence-corrected chi connectivity index (χ2v) is 6.07. The van der Waals surface area contributed by atoms with Gasteiger partial charge in [0.15, 0.2) is 0 Å². The van der Waals surface area contributed by atoms with Gasteiger partial charge in [0.1, 0.15) is 5.76 Å². The van der Waals surface area contributed by atoms with Crippen molar-refractivity contribution in [1.29, 1.82) is 0 Å². The lowest BCUT2D eigenvalue weighted by Crippen LogP contribution is -2.34. The van der Waals surface area contributed by atoms with E-state index < -0.39 is 0 Å². The molecule has 2 heterocycles. The molecular weight excluding hydrogens is 270 g/mol. The van der Waals surface area contributed by atoms with Crippen LogP contribution in [0.3, 0.4) is 0 Å². The number of hydrogen-bond donors (Lipinski definition) is 0. The molecule has 1 amide bonds. The highest BCUT2D eigenvalue weighted by molar-refractivity contribution is 7.09. The first-order valence-electron chi connectivity index (χ1n) is 7.04. The summed E-state index contributed by atoms with van der Waals surface area (Å²) in [5.74, 6) is 1.10. The van der Waals surface area contributed by atoms with E-state index in [2.05, 4.69) is 13.0 Å². The van der Waals surface area contributed by atoms with Crippen LogP contribution >= 0.6 is 11.3 Å². The van der Waals surface area contributed by atoms with Gasteiger partial charge in [-0.1, -0.05) is 26.3 Å². The highest BCUT2D eigenvalue weighted by Gasteiger charge is 2.21. The van der Waals surface area contributed by atoms with Crippen LogP contribution in [0.15, 0.2) is 40.3 Å². The van der Waals surface area contributed by atoms with Crippen LogP contribution in [0.25, 0.3) is 0 Å². The SMILES string of the molecule is CCCC(C)C(=O)N(Cc1ccco1)Cc1cccs1. The van der Waals surface area contributed by atoms with Crippen LogP contribution < -0.4 is 0 Å². The standard InChI is InChI=1S/C16H21NO2S/c1-3-6-13(2)16(18)17(11-14-7-4-9-19-14)12-15-8-5-10-20-15/h4-5,7-10,13H,3,6,11-12H2,1-2H3. The summed E-state index contributed by atoms with van der Waals surface area (Å²) >= 11 is 1.68.